The van der Waals surface area contributed by atoms with E-state index in [1.54, 1.807) is 18.2 Å². The first-order valence-corrected chi connectivity index (χ1v) is 6.07. The molecule has 8 nitrogen and oxygen atoms in total. The molecule has 106 valence electrons. The maximum atomic E-state index is 12.3. The average molecular weight is 286 g/mol. The van der Waals surface area contributed by atoms with E-state index in [4.69, 9.17) is 0 Å². The molecule has 2 amide bonds. The number of para-hydroxylation sites is 1. The van der Waals surface area contributed by atoms with Crippen molar-refractivity contribution in [1.29, 1.82) is 0 Å². The summed E-state index contributed by atoms with van der Waals surface area (Å²) >= 11 is 0. The molecule has 0 saturated carbocycles. The van der Waals surface area contributed by atoms with E-state index >= 15 is 0 Å². The van der Waals surface area contributed by atoms with Crippen molar-refractivity contribution in [1.82, 2.24) is 9.13 Å². The zero-order valence-electron chi connectivity index (χ0n) is 11.0. The van der Waals surface area contributed by atoms with Crippen molar-refractivity contribution in [3.63, 3.8) is 0 Å². The summed E-state index contributed by atoms with van der Waals surface area (Å²) < 4.78 is 2.00. The molecule has 0 aliphatic carbocycles. The Balaban J connectivity index is 2.28. The molecule has 1 aliphatic rings. The molecule has 0 fully saturated rings. The van der Waals surface area contributed by atoms with Crippen molar-refractivity contribution in [2.75, 3.05) is 0 Å². The number of phenolic OH excluding ortho intramolecular Hbond substituents is 1. The molecule has 21 heavy (non-hydrogen) atoms. The van der Waals surface area contributed by atoms with E-state index in [1.165, 1.54) is 13.1 Å². The molecule has 1 N–H and O–H groups in total. The molecule has 0 unspecified atom stereocenters. The highest BCUT2D eigenvalue weighted by Crippen LogP contribution is 2.15. The standard InChI is InChI=1S/C13H10N4O4/c1-16-10-9(14-12(20)15-10)11(19)17(13(16)21)6-7-4-2-3-5-8(7)18/h2-5,18H,6H2,1H3. The van der Waals surface area contributed by atoms with E-state index in [2.05, 4.69) is 9.98 Å². The highest BCUT2D eigenvalue weighted by Gasteiger charge is 2.17. The number of benzene rings is 1. The Kier molecular flexibility index (Phi) is 2.79. The third-order valence-corrected chi connectivity index (χ3v) is 3.22. The summed E-state index contributed by atoms with van der Waals surface area (Å²) in [7, 11) is 1.40. The Bertz CT molecular complexity index is 1000. The van der Waals surface area contributed by atoms with Gasteiger partial charge in [0.1, 0.15) is 5.75 Å². The minimum absolute atomic E-state index is 0.0235. The topological polar surface area (TPSA) is 106 Å². The Morgan fingerprint density at radius 2 is 1.86 bits per heavy atom. The second kappa shape index (κ2) is 4.51. The molecule has 1 aliphatic heterocycles. The fourth-order valence-corrected chi connectivity index (χ4v) is 2.13. The molecule has 1 aromatic heterocycles. The van der Waals surface area contributed by atoms with Crippen LogP contribution in [0.4, 0.5) is 4.79 Å². The van der Waals surface area contributed by atoms with Gasteiger partial charge in [-0.15, -0.1) is 0 Å². The summed E-state index contributed by atoms with van der Waals surface area (Å²) in [5, 5.41) is 9.58. The van der Waals surface area contributed by atoms with E-state index < -0.39 is 17.3 Å². The highest BCUT2D eigenvalue weighted by atomic mass is 16.3. The van der Waals surface area contributed by atoms with Crippen LogP contribution >= 0.6 is 0 Å². The fourth-order valence-electron chi connectivity index (χ4n) is 2.13. The molecule has 0 saturated heterocycles. The van der Waals surface area contributed by atoms with Crippen LogP contribution in [0.15, 0.2) is 43.8 Å². The number of hydrogen-bond donors (Lipinski definition) is 1. The maximum absolute atomic E-state index is 12.3. The monoisotopic (exact) mass is 286 g/mol. The van der Waals surface area contributed by atoms with Gasteiger partial charge >= 0.3 is 11.7 Å². The number of aromatic nitrogens is 2. The Hall–Kier alpha value is -3.03. The van der Waals surface area contributed by atoms with Gasteiger partial charge in [0.05, 0.1) is 6.54 Å². The Morgan fingerprint density at radius 3 is 2.57 bits per heavy atom. The molecular weight excluding hydrogens is 276 g/mol. The number of aromatic hydroxyl groups is 1. The van der Waals surface area contributed by atoms with Gasteiger partial charge in [-0.3, -0.25) is 13.9 Å². The summed E-state index contributed by atoms with van der Waals surface area (Å²) in [4.78, 5) is 42.7. The number of carbonyl (C=O) groups excluding carboxylic acids is 1. The van der Waals surface area contributed by atoms with Crippen LogP contribution in [0.25, 0.3) is 0 Å². The number of hydrogen-bond acceptors (Lipinski definition) is 4. The first-order chi connectivity index (χ1) is 9.99. The van der Waals surface area contributed by atoms with E-state index in [0.717, 1.165) is 9.13 Å². The Labute approximate surface area is 117 Å². The number of urea groups is 1. The first-order valence-electron chi connectivity index (χ1n) is 6.07. The normalized spacial score (nSPS) is 12.7. The molecule has 0 atom stereocenters. The van der Waals surface area contributed by atoms with Gasteiger partial charge in [-0.2, -0.15) is 9.98 Å². The van der Waals surface area contributed by atoms with Crippen LogP contribution in [0.5, 0.6) is 5.75 Å². The van der Waals surface area contributed by atoms with Crippen molar-refractivity contribution in [2.45, 2.75) is 6.54 Å². The van der Waals surface area contributed by atoms with Crippen molar-refractivity contribution >= 4 is 6.03 Å². The van der Waals surface area contributed by atoms with Crippen LogP contribution in [0.3, 0.4) is 0 Å². The first kappa shape index (κ1) is 13.0. The summed E-state index contributed by atoms with van der Waals surface area (Å²) in [6, 6.07) is 5.57. The predicted octanol–water partition coefficient (Wildman–Crippen LogP) is -1.33. The highest BCUT2D eigenvalue weighted by molar-refractivity contribution is 5.77. The fraction of sp³-hybridized carbons (Fsp3) is 0.154. The maximum Gasteiger partial charge on any atom is 0.369 e. The van der Waals surface area contributed by atoms with E-state index in [9.17, 15) is 19.5 Å². The number of fused-ring (bicyclic) bond motifs is 1. The van der Waals surface area contributed by atoms with Crippen LogP contribution in [0.2, 0.25) is 0 Å². The van der Waals surface area contributed by atoms with Gasteiger partial charge < -0.3 is 5.11 Å². The van der Waals surface area contributed by atoms with Crippen molar-refractivity contribution in [3.05, 3.63) is 61.5 Å². The van der Waals surface area contributed by atoms with Crippen molar-refractivity contribution in [3.8, 4) is 5.75 Å². The Morgan fingerprint density at radius 1 is 1.14 bits per heavy atom. The zero-order valence-corrected chi connectivity index (χ0v) is 11.0. The van der Waals surface area contributed by atoms with Gasteiger partial charge in [0, 0.05) is 12.6 Å². The van der Waals surface area contributed by atoms with E-state index in [0.29, 0.717) is 5.56 Å². The van der Waals surface area contributed by atoms with E-state index in [-0.39, 0.29) is 23.1 Å². The molecule has 0 radical (unpaired) electrons. The van der Waals surface area contributed by atoms with Crippen molar-refractivity contribution < 1.29 is 9.90 Å². The minimum atomic E-state index is -0.808. The molecule has 0 spiro atoms. The quantitative estimate of drug-likeness (QED) is 0.738. The lowest BCUT2D eigenvalue weighted by Gasteiger charge is -2.07. The summed E-state index contributed by atoms with van der Waals surface area (Å²) in [6.07, 6.45) is 0. The van der Waals surface area contributed by atoms with Crippen molar-refractivity contribution in [2.24, 2.45) is 17.0 Å². The molecular formula is C13H10N4O4. The molecule has 2 aromatic rings. The van der Waals surface area contributed by atoms with Gasteiger partial charge in [0.25, 0.3) is 5.56 Å². The lowest BCUT2D eigenvalue weighted by molar-refractivity contribution is 0.256. The minimum Gasteiger partial charge on any atom is -0.508 e. The van der Waals surface area contributed by atoms with Gasteiger partial charge in [-0.1, -0.05) is 18.2 Å². The molecule has 8 heteroatoms. The third kappa shape index (κ3) is 1.97. The molecule has 2 heterocycles. The number of phenols is 1. The smallest absolute Gasteiger partial charge is 0.369 e. The number of nitrogens with zero attached hydrogens (tertiary/aromatic N) is 4. The van der Waals surface area contributed by atoms with Gasteiger partial charge in [0.15, 0.2) is 10.8 Å². The van der Waals surface area contributed by atoms with Crippen LogP contribution in [0, 0.1) is 0 Å². The van der Waals surface area contributed by atoms with Crippen LogP contribution < -0.4 is 22.1 Å². The summed E-state index contributed by atoms with van der Waals surface area (Å²) in [5.41, 5.74) is -0.956. The van der Waals surface area contributed by atoms with Crippen LogP contribution in [-0.2, 0) is 13.6 Å². The zero-order chi connectivity index (χ0) is 15.1. The number of rotatable bonds is 2. The second-order valence-electron chi connectivity index (χ2n) is 4.54. The van der Waals surface area contributed by atoms with Gasteiger partial charge in [-0.05, 0) is 6.07 Å². The summed E-state index contributed by atoms with van der Waals surface area (Å²) in [6.45, 7) is -0.116. The number of amides is 2. The summed E-state index contributed by atoms with van der Waals surface area (Å²) in [5.74, 6) is -0.0235. The third-order valence-electron chi connectivity index (χ3n) is 3.22. The molecule has 3 rings (SSSR count). The van der Waals surface area contributed by atoms with Crippen LogP contribution in [0.1, 0.15) is 5.56 Å². The lowest BCUT2D eigenvalue weighted by Crippen LogP contribution is -2.56. The van der Waals surface area contributed by atoms with Gasteiger partial charge in [0.2, 0.25) is 0 Å². The SMILES string of the molecule is Cn1c2c(c(=O)n(Cc3ccccc3O)c1=O)=NC(=O)N=2. The second-order valence-corrected chi connectivity index (χ2v) is 4.54. The van der Waals surface area contributed by atoms with E-state index in [1.807, 2.05) is 0 Å². The molecule has 0 bridgehead atoms. The predicted molar refractivity (Wildman–Crippen MR) is 70.9 cm³/mol. The van der Waals surface area contributed by atoms with Crippen LogP contribution in [-0.4, -0.2) is 20.3 Å². The largest absolute Gasteiger partial charge is 0.508 e. The number of carbonyl (C=O) groups is 1. The average Bonchev–Trinajstić information content (AvgIpc) is 2.85. The molecule has 1 aromatic carbocycles. The lowest BCUT2D eigenvalue weighted by atomic mass is 10.2. The van der Waals surface area contributed by atoms with Gasteiger partial charge in [-0.25, -0.2) is 9.59 Å².